The van der Waals surface area contributed by atoms with Crippen LogP contribution >= 0.6 is 0 Å². The number of rotatable bonds is 7. The van der Waals surface area contributed by atoms with Crippen LogP contribution in [0.1, 0.15) is 22.3 Å². The minimum absolute atomic E-state index is 0.130. The van der Waals surface area contributed by atoms with Gasteiger partial charge in [-0.1, -0.05) is 60.2 Å². The van der Waals surface area contributed by atoms with Crippen LogP contribution in [0.5, 0.6) is 0 Å². The van der Waals surface area contributed by atoms with Gasteiger partial charge in [-0.15, -0.1) is 0 Å². The summed E-state index contributed by atoms with van der Waals surface area (Å²) in [6, 6.07) is 20.6. The first-order valence-corrected chi connectivity index (χ1v) is 11.2. The van der Waals surface area contributed by atoms with Crippen molar-refractivity contribution in [2.45, 2.75) is 38.1 Å². The Bertz CT molecular complexity index is 1120. The van der Waals surface area contributed by atoms with Gasteiger partial charge >= 0.3 is 0 Å². The molecule has 5 nitrogen and oxygen atoms in total. The topological polar surface area (TPSA) is 75.3 Å². The van der Waals surface area contributed by atoms with E-state index in [0.717, 1.165) is 22.3 Å². The largest absolute Gasteiger partial charge is 0.324 e. The lowest BCUT2D eigenvalue weighted by Crippen LogP contribution is -2.45. The Morgan fingerprint density at radius 3 is 2.20 bits per heavy atom. The second-order valence-corrected chi connectivity index (χ2v) is 9.13. The number of carbonyl (C=O) groups excluding carboxylic acids is 1. The summed E-state index contributed by atoms with van der Waals surface area (Å²) in [5, 5.41) is 2.89. The predicted molar refractivity (Wildman–Crippen MR) is 120 cm³/mol. The van der Waals surface area contributed by atoms with Crippen molar-refractivity contribution < 1.29 is 13.2 Å². The molecule has 0 aliphatic rings. The summed E-state index contributed by atoms with van der Waals surface area (Å²) in [4.78, 5) is 13.2. The highest BCUT2D eigenvalue weighted by Gasteiger charge is 2.26. The highest BCUT2D eigenvalue weighted by molar-refractivity contribution is 7.89. The highest BCUT2D eigenvalue weighted by atomic mass is 32.2. The average molecular weight is 423 g/mol. The number of amides is 1. The van der Waals surface area contributed by atoms with Gasteiger partial charge in [0.25, 0.3) is 0 Å². The van der Waals surface area contributed by atoms with Crippen LogP contribution in [0.15, 0.2) is 77.7 Å². The maximum atomic E-state index is 13.1. The lowest BCUT2D eigenvalue weighted by molar-refractivity contribution is -0.117. The van der Waals surface area contributed by atoms with Gasteiger partial charge in [-0.25, -0.2) is 8.42 Å². The van der Waals surface area contributed by atoms with Crippen molar-refractivity contribution in [1.82, 2.24) is 4.72 Å². The molecule has 6 heteroatoms. The molecule has 1 amide bonds. The monoisotopic (exact) mass is 422 g/mol. The summed E-state index contributed by atoms with van der Waals surface area (Å²) < 4.78 is 28.5. The fraction of sp³-hybridized carbons (Fsp3) is 0.208. The van der Waals surface area contributed by atoms with Crippen molar-refractivity contribution in [2.75, 3.05) is 5.32 Å². The summed E-state index contributed by atoms with van der Waals surface area (Å²) in [5.74, 6) is -0.400. The van der Waals surface area contributed by atoms with Crippen LogP contribution in [0.25, 0.3) is 0 Å². The van der Waals surface area contributed by atoms with Gasteiger partial charge in [-0.05, 0) is 62.1 Å². The Morgan fingerprint density at radius 1 is 0.867 bits per heavy atom. The number of carbonyl (C=O) groups is 1. The zero-order valence-corrected chi connectivity index (χ0v) is 18.2. The number of anilines is 1. The van der Waals surface area contributed by atoms with Crippen molar-refractivity contribution in [3.63, 3.8) is 0 Å². The molecule has 0 aliphatic carbocycles. The number of aryl methyl sites for hydroxylation is 2. The third kappa shape index (κ3) is 5.34. The Morgan fingerprint density at radius 2 is 1.53 bits per heavy atom. The Balaban J connectivity index is 1.88. The predicted octanol–water partition coefficient (Wildman–Crippen LogP) is 4.14. The van der Waals surface area contributed by atoms with Gasteiger partial charge in [0, 0.05) is 5.69 Å². The van der Waals surface area contributed by atoms with Gasteiger partial charge in [0.2, 0.25) is 15.9 Å². The second-order valence-electron chi connectivity index (χ2n) is 7.41. The van der Waals surface area contributed by atoms with E-state index in [0.29, 0.717) is 5.69 Å². The van der Waals surface area contributed by atoms with Gasteiger partial charge in [0.1, 0.15) is 6.04 Å². The van der Waals surface area contributed by atoms with E-state index < -0.39 is 22.0 Å². The normalized spacial score (nSPS) is 12.4. The minimum Gasteiger partial charge on any atom is -0.324 e. The fourth-order valence-electron chi connectivity index (χ4n) is 3.12. The van der Waals surface area contributed by atoms with Gasteiger partial charge in [-0.2, -0.15) is 4.72 Å². The van der Waals surface area contributed by atoms with Gasteiger partial charge in [-0.3, -0.25) is 4.79 Å². The van der Waals surface area contributed by atoms with Crippen LogP contribution in [0.3, 0.4) is 0 Å². The first-order chi connectivity index (χ1) is 14.3. The summed E-state index contributed by atoms with van der Waals surface area (Å²) in [7, 11) is -3.86. The van der Waals surface area contributed by atoms with E-state index in [4.69, 9.17) is 0 Å². The zero-order chi connectivity index (χ0) is 21.7. The molecule has 156 valence electrons. The Hall–Kier alpha value is -2.96. The molecule has 0 aliphatic heterocycles. The number of nitrogens with one attached hydrogen (secondary N) is 2. The molecule has 0 bridgehead atoms. The molecule has 0 saturated heterocycles. The molecular formula is C24H26N2O3S. The van der Waals surface area contributed by atoms with Crippen molar-refractivity contribution in [3.05, 3.63) is 95.1 Å². The number of hydrogen-bond acceptors (Lipinski definition) is 3. The second kappa shape index (κ2) is 9.24. The van der Waals surface area contributed by atoms with Crippen LogP contribution in [-0.4, -0.2) is 20.4 Å². The Labute approximate surface area is 178 Å². The summed E-state index contributed by atoms with van der Waals surface area (Å²) in [6.45, 7) is 5.78. The van der Waals surface area contributed by atoms with E-state index in [2.05, 4.69) is 10.0 Å². The van der Waals surface area contributed by atoms with E-state index >= 15 is 0 Å². The van der Waals surface area contributed by atoms with Crippen LogP contribution in [0, 0.1) is 20.8 Å². The van der Waals surface area contributed by atoms with Crippen molar-refractivity contribution in [3.8, 4) is 0 Å². The fourth-order valence-corrected chi connectivity index (χ4v) is 4.31. The molecule has 0 saturated carbocycles. The van der Waals surface area contributed by atoms with Crippen LogP contribution < -0.4 is 10.0 Å². The molecule has 0 unspecified atom stereocenters. The quantitative estimate of drug-likeness (QED) is 0.601. The third-order valence-electron chi connectivity index (χ3n) is 5.09. The van der Waals surface area contributed by atoms with E-state index in [9.17, 15) is 13.2 Å². The van der Waals surface area contributed by atoms with E-state index in [1.165, 1.54) is 0 Å². The van der Waals surface area contributed by atoms with Crippen LogP contribution in [0.4, 0.5) is 5.69 Å². The van der Waals surface area contributed by atoms with Gasteiger partial charge < -0.3 is 5.32 Å². The van der Waals surface area contributed by atoms with Crippen LogP contribution in [0.2, 0.25) is 0 Å². The lowest BCUT2D eigenvalue weighted by Gasteiger charge is -2.20. The molecule has 0 radical (unpaired) electrons. The Kier molecular flexibility index (Phi) is 6.70. The molecular weight excluding hydrogens is 396 g/mol. The summed E-state index contributed by atoms with van der Waals surface area (Å²) in [6.07, 6.45) is 0.239. The maximum Gasteiger partial charge on any atom is 0.242 e. The molecule has 0 aromatic heterocycles. The molecule has 3 aromatic carbocycles. The zero-order valence-electron chi connectivity index (χ0n) is 17.3. The SMILES string of the molecule is Cc1ccc(S(=O)(=O)N[C@@H](Cc2ccccc2)C(=O)Nc2cccc(C)c2C)cc1. The molecule has 0 heterocycles. The first kappa shape index (κ1) is 21.7. The van der Waals surface area contributed by atoms with Crippen molar-refractivity contribution >= 4 is 21.6 Å². The molecule has 2 N–H and O–H groups in total. The number of hydrogen-bond donors (Lipinski definition) is 2. The van der Waals surface area contributed by atoms with E-state index in [1.807, 2.05) is 69.3 Å². The smallest absolute Gasteiger partial charge is 0.242 e. The molecule has 0 fully saturated rings. The van der Waals surface area contributed by atoms with Crippen LogP contribution in [-0.2, 0) is 21.2 Å². The number of benzene rings is 3. The lowest BCUT2D eigenvalue weighted by atomic mass is 10.0. The number of sulfonamides is 1. The van der Waals surface area contributed by atoms with Crippen molar-refractivity contribution in [2.24, 2.45) is 0 Å². The van der Waals surface area contributed by atoms with Gasteiger partial charge in [0.05, 0.1) is 4.90 Å². The molecule has 1 atom stereocenters. The van der Waals surface area contributed by atoms with E-state index in [-0.39, 0.29) is 11.3 Å². The minimum atomic E-state index is -3.86. The molecule has 30 heavy (non-hydrogen) atoms. The summed E-state index contributed by atoms with van der Waals surface area (Å²) >= 11 is 0. The standard InChI is InChI=1S/C24H26N2O3S/c1-17-12-14-21(15-13-17)30(28,29)26-23(16-20-9-5-4-6-10-20)24(27)25-22-11-7-8-18(2)19(22)3/h4-15,23,26H,16H2,1-3H3,(H,25,27)/t23-/m0/s1. The van der Waals surface area contributed by atoms with E-state index in [1.54, 1.807) is 24.3 Å². The first-order valence-electron chi connectivity index (χ1n) is 9.76. The third-order valence-corrected chi connectivity index (χ3v) is 6.58. The summed E-state index contributed by atoms with van der Waals surface area (Å²) in [5.41, 5.74) is 4.50. The highest BCUT2D eigenvalue weighted by Crippen LogP contribution is 2.19. The maximum absolute atomic E-state index is 13.1. The molecule has 3 aromatic rings. The van der Waals surface area contributed by atoms with Gasteiger partial charge in [0.15, 0.2) is 0 Å². The van der Waals surface area contributed by atoms with Crippen molar-refractivity contribution in [1.29, 1.82) is 0 Å². The molecule has 3 rings (SSSR count). The average Bonchev–Trinajstić information content (AvgIpc) is 2.72. The molecule has 0 spiro atoms.